The molecule has 3 heterocycles. The summed E-state index contributed by atoms with van der Waals surface area (Å²) in [6, 6.07) is 7.65. The van der Waals surface area contributed by atoms with Crippen molar-refractivity contribution in [3.8, 4) is 0 Å². The second kappa shape index (κ2) is 8.61. The van der Waals surface area contributed by atoms with Gasteiger partial charge in [0.25, 0.3) is 11.5 Å². The Labute approximate surface area is 189 Å². The van der Waals surface area contributed by atoms with Crippen LogP contribution in [0.15, 0.2) is 29.1 Å². The zero-order chi connectivity index (χ0) is 22.2. The molecule has 7 nitrogen and oxygen atoms in total. The zero-order valence-electron chi connectivity index (χ0n) is 17.9. The van der Waals surface area contributed by atoms with Gasteiger partial charge in [-0.1, -0.05) is 18.2 Å². The summed E-state index contributed by atoms with van der Waals surface area (Å²) in [5.41, 5.74) is 1.21. The molecule has 168 valence electrons. The van der Waals surface area contributed by atoms with Crippen LogP contribution >= 0.6 is 11.3 Å². The van der Waals surface area contributed by atoms with Gasteiger partial charge >= 0.3 is 0 Å². The van der Waals surface area contributed by atoms with Crippen molar-refractivity contribution in [2.75, 3.05) is 18.0 Å². The van der Waals surface area contributed by atoms with Crippen LogP contribution in [0.3, 0.4) is 0 Å². The molecule has 2 aromatic heterocycles. The molecule has 2 fully saturated rings. The molecule has 0 unspecified atom stereocenters. The third kappa shape index (κ3) is 4.01. The number of hydrogen-bond acceptors (Lipinski definition) is 6. The maximum atomic E-state index is 13.5. The monoisotopic (exact) mass is 455 g/mol. The van der Waals surface area contributed by atoms with Crippen molar-refractivity contribution < 1.29 is 9.18 Å². The lowest BCUT2D eigenvalue weighted by Gasteiger charge is -2.29. The molecule has 9 heteroatoms. The molecule has 2 aliphatic rings. The number of aromatic amines is 1. The van der Waals surface area contributed by atoms with Crippen LogP contribution < -0.4 is 15.8 Å². The predicted octanol–water partition coefficient (Wildman–Crippen LogP) is 3.69. The summed E-state index contributed by atoms with van der Waals surface area (Å²) in [5.74, 6) is 0.0957. The van der Waals surface area contributed by atoms with E-state index in [4.69, 9.17) is 0 Å². The van der Waals surface area contributed by atoms with Crippen LogP contribution in [0, 0.1) is 6.92 Å². The van der Waals surface area contributed by atoms with Gasteiger partial charge in [0.05, 0.1) is 17.6 Å². The number of aryl methyl sites for hydroxylation is 1. The number of halogens is 1. The normalized spacial score (nSPS) is 23.6. The molecule has 1 saturated heterocycles. The molecule has 1 aromatic carbocycles. The molecule has 0 spiro atoms. The van der Waals surface area contributed by atoms with Crippen LogP contribution in [-0.4, -0.2) is 46.4 Å². The van der Waals surface area contributed by atoms with Crippen LogP contribution in [0.4, 0.5) is 9.52 Å². The Kier molecular flexibility index (Phi) is 5.67. The number of H-pyrrole nitrogens is 1. The molecule has 2 N–H and O–H groups in total. The lowest BCUT2D eigenvalue weighted by Crippen LogP contribution is -2.38. The molecule has 1 aliphatic carbocycles. The number of fused-ring (bicyclic) bond motifs is 1. The number of hydrogen-bond donors (Lipinski definition) is 2. The number of alkyl halides is 1. The fourth-order valence-electron chi connectivity index (χ4n) is 4.83. The Morgan fingerprint density at radius 3 is 2.66 bits per heavy atom. The van der Waals surface area contributed by atoms with Gasteiger partial charge in [0, 0.05) is 28.8 Å². The minimum Gasteiger partial charge on any atom is -0.348 e. The number of thiazole rings is 1. The van der Waals surface area contributed by atoms with E-state index in [0.717, 1.165) is 46.8 Å². The van der Waals surface area contributed by atoms with E-state index in [1.54, 1.807) is 0 Å². The number of benzene rings is 1. The van der Waals surface area contributed by atoms with Gasteiger partial charge in [0.2, 0.25) is 0 Å². The van der Waals surface area contributed by atoms with E-state index in [2.05, 4.69) is 20.5 Å². The van der Waals surface area contributed by atoms with Crippen LogP contribution in [0.2, 0.25) is 0 Å². The highest BCUT2D eigenvalue weighted by molar-refractivity contribution is 7.15. The minimum absolute atomic E-state index is 0.0827. The molecular weight excluding hydrogens is 429 g/mol. The van der Waals surface area contributed by atoms with Gasteiger partial charge in [0.15, 0.2) is 5.13 Å². The number of nitrogens with one attached hydrogen (secondary N) is 2. The molecule has 0 bridgehead atoms. The van der Waals surface area contributed by atoms with E-state index in [1.165, 1.54) is 11.3 Å². The van der Waals surface area contributed by atoms with Gasteiger partial charge in [0.1, 0.15) is 11.9 Å². The number of carbonyl (C=O) groups is 1. The number of amides is 1. The maximum absolute atomic E-state index is 13.5. The van der Waals surface area contributed by atoms with Gasteiger partial charge < -0.3 is 10.2 Å². The molecule has 3 aromatic rings. The molecule has 5 rings (SSSR count). The third-order valence-corrected chi connectivity index (χ3v) is 7.61. The number of aromatic nitrogens is 3. The summed E-state index contributed by atoms with van der Waals surface area (Å²) < 4.78 is 13.5. The van der Waals surface area contributed by atoms with E-state index in [-0.39, 0.29) is 23.4 Å². The molecule has 32 heavy (non-hydrogen) atoms. The standard InChI is InChI=1S/C23H26FN5O2S/c1-13-19(26-23(32-13)29-11-10-15(24)12-29)22(31)25-16-8-6-14(7-9-16)20-17-4-2-3-5-18(17)21(30)28-27-20/h2-5,14-16H,6-12H2,1H3,(H,25,31)(H,28,30)/t14?,15-,16?/m1/s1. The molecule has 1 atom stereocenters. The number of anilines is 1. The smallest absolute Gasteiger partial charge is 0.272 e. The first-order chi connectivity index (χ1) is 15.5. The van der Waals surface area contributed by atoms with Crippen molar-refractivity contribution in [1.82, 2.24) is 20.5 Å². The minimum atomic E-state index is -0.819. The summed E-state index contributed by atoms with van der Waals surface area (Å²) in [6.07, 6.45) is 3.17. The third-order valence-electron chi connectivity index (χ3n) is 6.58. The summed E-state index contributed by atoms with van der Waals surface area (Å²) in [6.45, 7) is 2.89. The van der Waals surface area contributed by atoms with E-state index < -0.39 is 6.17 Å². The van der Waals surface area contributed by atoms with Crippen LogP contribution in [0.25, 0.3) is 10.8 Å². The summed E-state index contributed by atoms with van der Waals surface area (Å²) >= 11 is 1.45. The summed E-state index contributed by atoms with van der Waals surface area (Å²) in [7, 11) is 0. The SMILES string of the molecule is Cc1sc(N2CC[C@@H](F)C2)nc1C(=O)NC1CCC(c2n[nH]c(=O)c3ccccc23)CC1. The van der Waals surface area contributed by atoms with Gasteiger partial charge in [-0.25, -0.2) is 14.5 Å². The first kappa shape index (κ1) is 21.1. The van der Waals surface area contributed by atoms with Gasteiger partial charge in [-0.2, -0.15) is 5.10 Å². The fourth-order valence-corrected chi connectivity index (χ4v) is 5.77. The predicted molar refractivity (Wildman–Crippen MR) is 123 cm³/mol. The highest BCUT2D eigenvalue weighted by Crippen LogP contribution is 2.35. The zero-order valence-corrected chi connectivity index (χ0v) is 18.8. The average molecular weight is 456 g/mol. The first-order valence-corrected chi connectivity index (χ1v) is 12.0. The maximum Gasteiger partial charge on any atom is 0.272 e. The number of carbonyl (C=O) groups excluding carboxylic acids is 1. The Balaban J connectivity index is 1.23. The summed E-state index contributed by atoms with van der Waals surface area (Å²) in [5, 5.41) is 12.4. The Bertz CT molecular complexity index is 1200. The largest absolute Gasteiger partial charge is 0.348 e. The van der Waals surface area contributed by atoms with Crippen molar-refractivity contribution in [3.05, 3.63) is 50.9 Å². The second-order valence-electron chi connectivity index (χ2n) is 8.74. The van der Waals surface area contributed by atoms with Crippen LogP contribution in [-0.2, 0) is 0 Å². The molecular formula is C23H26FN5O2S. The topological polar surface area (TPSA) is 91.0 Å². The van der Waals surface area contributed by atoms with Gasteiger partial charge in [-0.3, -0.25) is 9.59 Å². The van der Waals surface area contributed by atoms with E-state index >= 15 is 0 Å². The van der Waals surface area contributed by atoms with Crippen molar-refractivity contribution in [2.45, 2.75) is 57.2 Å². The Hall–Kier alpha value is -2.81. The average Bonchev–Trinajstić information content (AvgIpc) is 3.40. The van der Waals surface area contributed by atoms with Crippen molar-refractivity contribution in [1.29, 1.82) is 0 Å². The van der Waals surface area contributed by atoms with Crippen LogP contribution in [0.5, 0.6) is 0 Å². The highest BCUT2D eigenvalue weighted by Gasteiger charge is 2.29. The Morgan fingerprint density at radius 2 is 1.94 bits per heavy atom. The molecule has 1 amide bonds. The highest BCUT2D eigenvalue weighted by atomic mass is 32.1. The molecule has 0 radical (unpaired) electrons. The molecule has 1 aliphatic heterocycles. The fraction of sp³-hybridized carbons (Fsp3) is 0.478. The van der Waals surface area contributed by atoms with Gasteiger partial charge in [-0.15, -0.1) is 11.3 Å². The lowest BCUT2D eigenvalue weighted by atomic mass is 9.82. The van der Waals surface area contributed by atoms with Gasteiger partial charge in [-0.05, 0) is 45.1 Å². The van der Waals surface area contributed by atoms with Crippen molar-refractivity contribution in [3.63, 3.8) is 0 Å². The van der Waals surface area contributed by atoms with E-state index in [9.17, 15) is 14.0 Å². The lowest BCUT2D eigenvalue weighted by molar-refractivity contribution is 0.0920. The number of nitrogens with zero attached hydrogens (tertiary/aromatic N) is 3. The van der Waals surface area contributed by atoms with Crippen molar-refractivity contribution >= 4 is 33.1 Å². The number of rotatable bonds is 4. The quantitative estimate of drug-likeness (QED) is 0.626. The second-order valence-corrected chi connectivity index (χ2v) is 9.92. The molecule has 1 saturated carbocycles. The Morgan fingerprint density at radius 1 is 1.19 bits per heavy atom. The van der Waals surface area contributed by atoms with E-state index in [0.29, 0.717) is 30.6 Å². The van der Waals surface area contributed by atoms with Crippen molar-refractivity contribution in [2.24, 2.45) is 0 Å². The summed E-state index contributed by atoms with van der Waals surface area (Å²) in [4.78, 5) is 32.2. The van der Waals surface area contributed by atoms with E-state index in [1.807, 2.05) is 36.1 Å². The van der Waals surface area contributed by atoms with Crippen LogP contribution in [0.1, 0.15) is 59.1 Å². The first-order valence-electron chi connectivity index (χ1n) is 11.1.